The van der Waals surface area contributed by atoms with Crippen LogP contribution in [0.25, 0.3) is 0 Å². The molecule has 0 aliphatic heterocycles. The van der Waals surface area contributed by atoms with Crippen molar-refractivity contribution in [2.24, 2.45) is 0 Å². The van der Waals surface area contributed by atoms with Gasteiger partial charge in [0, 0.05) is 18.2 Å². The molecular formula is C17H16FN3OS. The molecule has 4 nitrogen and oxygen atoms in total. The Kier molecular flexibility index (Phi) is 4.70. The van der Waals surface area contributed by atoms with Crippen LogP contribution < -0.4 is 5.32 Å². The molecule has 0 atom stereocenters. The first-order chi connectivity index (χ1) is 11.2. The molecule has 0 unspecified atom stereocenters. The third-order valence-electron chi connectivity index (χ3n) is 3.78. The van der Waals surface area contributed by atoms with E-state index in [4.69, 9.17) is 5.26 Å². The lowest BCUT2D eigenvalue weighted by Gasteiger charge is -2.21. The Morgan fingerprint density at radius 1 is 1.39 bits per heavy atom. The molecule has 3 rings (SSSR count). The molecule has 1 N–H and O–H groups in total. The summed E-state index contributed by atoms with van der Waals surface area (Å²) in [6.45, 7) is 0.613. The molecule has 118 valence electrons. The Morgan fingerprint density at radius 2 is 2.17 bits per heavy atom. The number of nitrogens with zero attached hydrogens (tertiary/aromatic N) is 2. The zero-order valence-electron chi connectivity index (χ0n) is 12.5. The first kappa shape index (κ1) is 15.7. The fourth-order valence-electron chi connectivity index (χ4n) is 2.44. The monoisotopic (exact) mass is 329 g/mol. The fourth-order valence-corrected chi connectivity index (χ4v) is 3.20. The maximum Gasteiger partial charge on any atom is 0.239 e. The van der Waals surface area contributed by atoms with Crippen LogP contribution in [0.3, 0.4) is 0 Å². The summed E-state index contributed by atoms with van der Waals surface area (Å²) in [6.07, 6.45) is 2.06. The van der Waals surface area contributed by atoms with E-state index in [0.717, 1.165) is 12.8 Å². The number of amides is 1. The third-order valence-corrected chi connectivity index (χ3v) is 4.61. The molecule has 1 heterocycles. The van der Waals surface area contributed by atoms with Crippen molar-refractivity contribution in [3.05, 3.63) is 52.7 Å². The van der Waals surface area contributed by atoms with Crippen LogP contribution in [0.4, 0.5) is 9.39 Å². The van der Waals surface area contributed by atoms with E-state index >= 15 is 0 Å². The zero-order valence-corrected chi connectivity index (χ0v) is 13.3. The van der Waals surface area contributed by atoms with Crippen LogP contribution in [0.2, 0.25) is 0 Å². The van der Waals surface area contributed by atoms with Crippen LogP contribution in [0.15, 0.2) is 35.7 Å². The molecule has 1 fully saturated rings. The minimum absolute atomic E-state index is 0.174. The van der Waals surface area contributed by atoms with Gasteiger partial charge in [-0.1, -0.05) is 18.2 Å². The van der Waals surface area contributed by atoms with Gasteiger partial charge in [0.15, 0.2) is 0 Å². The number of anilines is 1. The standard InChI is InChI=1S/C17H16FN3OS/c18-15-4-2-1-3-13(15)10-21(14-5-6-14)11-16(22)20-17-12(9-19)7-8-23-17/h1-4,7-8,14H,5-6,10-11H2,(H,20,22). The largest absolute Gasteiger partial charge is 0.315 e. The molecule has 1 aliphatic rings. The lowest BCUT2D eigenvalue weighted by Crippen LogP contribution is -2.34. The maximum absolute atomic E-state index is 13.8. The van der Waals surface area contributed by atoms with Crippen molar-refractivity contribution < 1.29 is 9.18 Å². The molecule has 0 spiro atoms. The Morgan fingerprint density at radius 3 is 2.87 bits per heavy atom. The summed E-state index contributed by atoms with van der Waals surface area (Å²) in [5.41, 5.74) is 1.07. The second-order valence-electron chi connectivity index (χ2n) is 5.55. The van der Waals surface area contributed by atoms with Crippen LogP contribution in [-0.4, -0.2) is 23.4 Å². The Balaban J connectivity index is 1.65. The third kappa shape index (κ3) is 3.95. The SMILES string of the molecule is N#Cc1ccsc1NC(=O)CN(Cc1ccccc1F)C1CC1. The number of benzene rings is 1. The van der Waals surface area contributed by atoms with Crippen molar-refractivity contribution in [1.29, 1.82) is 5.26 Å². The van der Waals surface area contributed by atoms with E-state index in [1.54, 1.807) is 29.6 Å². The summed E-state index contributed by atoms with van der Waals surface area (Å²) in [4.78, 5) is 14.2. The van der Waals surface area contributed by atoms with Crippen molar-refractivity contribution in [2.45, 2.75) is 25.4 Å². The topological polar surface area (TPSA) is 56.1 Å². The fraction of sp³-hybridized carbons (Fsp3) is 0.294. The molecule has 1 aromatic carbocycles. The van der Waals surface area contributed by atoms with Crippen LogP contribution in [0.1, 0.15) is 24.0 Å². The highest BCUT2D eigenvalue weighted by molar-refractivity contribution is 7.14. The molecular weight excluding hydrogens is 313 g/mol. The normalized spacial score (nSPS) is 13.8. The summed E-state index contributed by atoms with van der Waals surface area (Å²) in [5.74, 6) is -0.421. The number of nitriles is 1. The van der Waals surface area contributed by atoms with Gasteiger partial charge in [-0.05, 0) is 30.4 Å². The Hall–Kier alpha value is -2.23. The second-order valence-corrected chi connectivity index (χ2v) is 6.47. The predicted octanol–water partition coefficient (Wildman–Crippen LogP) is 3.36. The number of hydrogen-bond donors (Lipinski definition) is 1. The number of halogens is 1. The van der Waals surface area contributed by atoms with Crippen LogP contribution in [0, 0.1) is 17.1 Å². The van der Waals surface area contributed by atoms with Crippen molar-refractivity contribution in [2.75, 3.05) is 11.9 Å². The number of hydrogen-bond acceptors (Lipinski definition) is 4. The molecule has 2 aromatic rings. The van der Waals surface area contributed by atoms with Crippen molar-refractivity contribution in [3.63, 3.8) is 0 Å². The van der Waals surface area contributed by atoms with E-state index in [0.29, 0.717) is 28.7 Å². The molecule has 1 aliphatic carbocycles. The highest BCUT2D eigenvalue weighted by atomic mass is 32.1. The highest BCUT2D eigenvalue weighted by Crippen LogP contribution is 2.29. The quantitative estimate of drug-likeness (QED) is 0.884. The Bertz CT molecular complexity index is 748. The summed E-state index contributed by atoms with van der Waals surface area (Å²) in [6, 6.07) is 10.7. The van der Waals surface area contributed by atoms with E-state index in [1.165, 1.54) is 17.4 Å². The number of rotatable bonds is 6. The first-order valence-electron chi connectivity index (χ1n) is 7.42. The Labute approximate surface area is 138 Å². The van der Waals surface area contributed by atoms with E-state index in [9.17, 15) is 9.18 Å². The molecule has 1 amide bonds. The van der Waals surface area contributed by atoms with E-state index in [2.05, 4.69) is 5.32 Å². The van der Waals surface area contributed by atoms with Crippen molar-refractivity contribution in [1.82, 2.24) is 4.90 Å². The molecule has 1 aromatic heterocycles. The second kappa shape index (κ2) is 6.90. The smallest absolute Gasteiger partial charge is 0.239 e. The lowest BCUT2D eigenvalue weighted by atomic mass is 10.2. The number of nitrogens with one attached hydrogen (secondary N) is 1. The number of thiophene rings is 1. The van der Waals surface area contributed by atoms with Crippen LogP contribution in [-0.2, 0) is 11.3 Å². The van der Waals surface area contributed by atoms with Gasteiger partial charge in [0.05, 0.1) is 12.1 Å². The van der Waals surface area contributed by atoms with Gasteiger partial charge >= 0.3 is 0 Å². The molecule has 0 radical (unpaired) electrons. The van der Waals surface area contributed by atoms with Gasteiger partial charge in [0.25, 0.3) is 0 Å². The lowest BCUT2D eigenvalue weighted by molar-refractivity contribution is -0.117. The molecule has 6 heteroatoms. The summed E-state index contributed by atoms with van der Waals surface area (Å²) >= 11 is 1.33. The van der Waals surface area contributed by atoms with Gasteiger partial charge in [-0.3, -0.25) is 9.69 Å². The van der Waals surface area contributed by atoms with E-state index < -0.39 is 0 Å². The van der Waals surface area contributed by atoms with Gasteiger partial charge in [-0.2, -0.15) is 5.26 Å². The van der Waals surface area contributed by atoms with Gasteiger partial charge in [-0.25, -0.2) is 4.39 Å². The summed E-state index contributed by atoms with van der Waals surface area (Å²) in [5, 5.41) is 14.1. The molecule has 0 bridgehead atoms. The maximum atomic E-state index is 13.8. The predicted molar refractivity (Wildman–Crippen MR) is 87.5 cm³/mol. The van der Waals surface area contributed by atoms with Gasteiger partial charge in [0.1, 0.15) is 16.9 Å². The van der Waals surface area contributed by atoms with Crippen molar-refractivity contribution >= 4 is 22.2 Å². The highest BCUT2D eigenvalue weighted by Gasteiger charge is 2.30. The van der Waals surface area contributed by atoms with Gasteiger partial charge in [0.2, 0.25) is 5.91 Å². The molecule has 1 saturated carbocycles. The summed E-state index contributed by atoms with van der Waals surface area (Å²) in [7, 11) is 0. The minimum atomic E-state index is -0.247. The van der Waals surface area contributed by atoms with E-state index in [1.807, 2.05) is 11.0 Å². The van der Waals surface area contributed by atoms with E-state index in [-0.39, 0.29) is 18.3 Å². The van der Waals surface area contributed by atoms with Gasteiger partial charge < -0.3 is 5.32 Å². The first-order valence-corrected chi connectivity index (χ1v) is 8.30. The molecule has 23 heavy (non-hydrogen) atoms. The average molecular weight is 329 g/mol. The molecule has 0 saturated heterocycles. The van der Waals surface area contributed by atoms with Gasteiger partial charge in [-0.15, -0.1) is 11.3 Å². The van der Waals surface area contributed by atoms with Crippen LogP contribution >= 0.6 is 11.3 Å². The number of carbonyl (C=O) groups is 1. The summed E-state index contributed by atoms with van der Waals surface area (Å²) < 4.78 is 13.8. The zero-order chi connectivity index (χ0) is 16.2. The van der Waals surface area contributed by atoms with Crippen LogP contribution in [0.5, 0.6) is 0 Å². The minimum Gasteiger partial charge on any atom is -0.315 e. The average Bonchev–Trinajstić information content (AvgIpc) is 3.29. The van der Waals surface area contributed by atoms with Crippen molar-refractivity contribution in [3.8, 4) is 6.07 Å². The number of carbonyl (C=O) groups excluding carboxylic acids is 1.